The molecule has 0 saturated carbocycles. The van der Waals surface area contributed by atoms with Gasteiger partial charge in [0.25, 0.3) is 0 Å². The van der Waals surface area contributed by atoms with E-state index in [1.165, 1.54) is 0 Å². The van der Waals surface area contributed by atoms with E-state index in [4.69, 9.17) is 26.3 Å². The summed E-state index contributed by atoms with van der Waals surface area (Å²) in [4.78, 5) is 12.0. The number of aliphatic imine (C=N–C) groups is 1. The van der Waals surface area contributed by atoms with Crippen LogP contribution in [-0.2, 0) is 4.74 Å². The van der Waals surface area contributed by atoms with Gasteiger partial charge in [-0.2, -0.15) is 5.10 Å². The number of aromatic nitrogens is 3. The van der Waals surface area contributed by atoms with Crippen LogP contribution in [0.5, 0.6) is 0 Å². The van der Waals surface area contributed by atoms with Crippen LogP contribution in [0.4, 0.5) is 23.0 Å². The van der Waals surface area contributed by atoms with Crippen LogP contribution in [0.3, 0.4) is 0 Å². The molecular weight excluding hydrogens is 388 g/mol. The number of ether oxygens (including phenoxy) is 1. The normalized spacial score (nSPS) is 18.7. The van der Waals surface area contributed by atoms with Gasteiger partial charge >= 0.3 is 0 Å². The smallest absolute Gasteiger partial charge is 0.178 e. The Hall–Kier alpha value is -2.90. The van der Waals surface area contributed by atoms with Crippen LogP contribution in [0.1, 0.15) is 16.8 Å². The summed E-state index contributed by atoms with van der Waals surface area (Å²) in [5.41, 5.74) is 5.49. The zero-order chi connectivity index (χ0) is 19.6. The third-order valence-electron chi connectivity index (χ3n) is 5.86. The SMILES string of the molecule is Cc1[nH]nc2c1N=C(c1ccccc1Cl)c1cnc(N3CC4(COC4)C3)cc1N2. The standard InChI is InChI=1S/C21H19ClN6O/c1-12-18-20(27-26-12)24-16-6-17(28-8-21(9-28)10-29-11-21)23-7-14(16)19(25-18)13-4-2-3-5-15(13)22/h2-7H,8-11H2,1H3,(H2,24,26,27). The minimum Gasteiger partial charge on any atom is -0.380 e. The molecule has 3 aliphatic heterocycles. The van der Waals surface area contributed by atoms with Crippen molar-refractivity contribution in [3.05, 3.63) is 58.4 Å². The van der Waals surface area contributed by atoms with Gasteiger partial charge in [-0.3, -0.25) is 5.10 Å². The number of hydrogen-bond acceptors (Lipinski definition) is 6. The van der Waals surface area contributed by atoms with Crippen molar-refractivity contribution in [3.8, 4) is 0 Å². The summed E-state index contributed by atoms with van der Waals surface area (Å²) < 4.78 is 5.39. The predicted molar refractivity (Wildman–Crippen MR) is 113 cm³/mol. The molecule has 8 heteroatoms. The third-order valence-corrected chi connectivity index (χ3v) is 6.19. The maximum absolute atomic E-state index is 6.52. The van der Waals surface area contributed by atoms with Gasteiger partial charge in [0, 0.05) is 41.5 Å². The number of H-pyrrole nitrogens is 1. The average Bonchev–Trinajstić information content (AvgIpc) is 2.90. The summed E-state index contributed by atoms with van der Waals surface area (Å²) in [6.07, 6.45) is 1.88. The molecule has 0 radical (unpaired) electrons. The number of nitrogens with zero attached hydrogens (tertiary/aromatic N) is 4. The van der Waals surface area contributed by atoms with Crippen LogP contribution >= 0.6 is 11.6 Å². The molecule has 0 atom stereocenters. The van der Waals surface area contributed by atoms with E-state index in [9.17, 15) is 0 Å². The molecule has 2 saturated heterocycles. The second-order valence-corrected chi connectivity index (χ2v) is 8.46. The van der Waals surface area contributed by atoms with Crippen LogP contribution in [0, 0.1) is 12.3 Å². The highest BCUT2D eigenvalue weighted by molar-refractivity contribution is 6.36. The number of rotatable bonds is 2. The lowest BCUT2D eigenvalue weighted by Crippen LogP contribution is -2.66. The number of aromatic amines is 1. The molecule has 5 heterocycles. The first-order chi connectivity index (χ1) is 14.1. The van der Waals surface area contributed by atoms with Crippen LogP contribution in [0.25, 0.3) is 0 Å². The molecule has 29 heavy (non-hydrogen) atoms. The van der Waals surface area contributed by atoms with E-state index < -0.39 is 0 Å². The molecule has 2 fully saturated rings. The lowest BCUT2D eigenvalue weighted by atomic mass is 9.78. The number of nitrogens with one attached hydrogen (secondary N) is 2. The molecule has 2 aromatic heterocycles. The zero-order valence-corrected chi connectivity index (χ0v) is 16.6. The van der Waals surface area contributed by atoms with Gasteiger partial charge in [-0.25, -0.2) is 9.98 Å². The lowest BCUT2D eigenvalue weighted by Gasteiger charge is -2.55. The Morgan fingerprint density at radius 1 is 1.17 bits per heavy atom. The first kappa shape index (κ1) is 17.0. The van der Waals surface area contributed by atoms with Crippen molar-refractivity contribution in [2.75, 3.05) is 36.5 Å². The van der Waals surface area contributed by atoms with E-state index in [1.807, 2.05) is 37.4 Å². The van der Waals surface area contributed by atoms with E-state index in [-0.39, 0.29) is 0 Å². The van der Waals surface area contributed by atoms with Crippen molar-refractivity contribution in [1.82, 2.24) is 15.2 Å². The zero-order valence-electron chi connectivity index (χ0n) is 15.9. The quantitative estimate of drug-likeness (QED) is 0.529. The van der Waals surface area contributed by atoms with Crippen molar-refractivity contribution >= 4 is 40.3 Å². The van der Waals surface area contributed by atoms with Crippen LogP contribution < -0.4 is 10.2 Å². The van der Waals surface area contributed by atoms with E-state index in [0.717, 1.165) is 66.0 Å². The van der Waals surface area contributed by atoms with Gasteiger partial charge in [0.1, 0.15) is 11.5 Å². The molecule has 0 unspecified atom stereocenters. The van der Waals surface area contributed by atoms with Gasteiger partial charge in [0.15, 0.2) is 5.82 Å². The summed E-state index contributed by atoms with van der Waals surface area (Å²) in [6, 6.07) is 9.82. The number of hydrogen-bond donors (Lipinski definition) is 2. The number of halogens is 1. The van der Waals surface area contributed by atoms with Crippen LogP contribution in [-0.4, -0.2) is 47.2 Å². The Labute approximate surface area is 172 Å². The molecule has 146 valence electrons. The maximum Gasteiger partial charge on any atom is 0.178 e. The second kappa shape index (κ2) is 6.05. The Kier molecular flexibility index (Phi) is 3.54. The first-order valence-electron chi connectivity index (χ1n) is 9.61. The van der Waals surface area contributed by atoms with Gasteiger partial charge in [0.05, 0.1) is 35.7 Å². The molecule has 0 amide bonds. The summed E-state index contributed by atoms with van der Waals surface area (Å²) >= 11 is 6.52. The molecule has 0 bridgehead atoms. The highest BCUT2D eigenvalue weighted by Crippen LogP contribution is 2.42. The lowest BCUT2D eigenvalue weighted by molar-refractivity contribution is -0.127. The summed E-state index contributed by atoms with van der Waals surface area (Å²) in [7, 11) is 0. The highest BCUT2D eigenvalue weighted by atomic mass is 35.5. The minimum absolute atomic E-state index is 0.332. The molecule has 2 N–H and O–H groups in total. The molecule has 3 aliphatic rings. The fourth-order valence-electron chi connectivity index (χ4n) is 4.21. The summed E-state index contributed by atoms with van der Waals surface area (Å²) in [5, 5.41) is 11.5. The maximum atomic E-state index is 6.52. The topological polar surface area (TPSA) is 78.4 Å². The van der Waals surface area contributed by atoms with Crippen LogP contribution in [0.2, 0.25) is 5.02 Å². The van der Waals surface area contributed by atoms with E-state index >= 15 is 0 Å². The number of anilines is 3. The molecule has 6 rings (SSSR count). The number of benzene rings is 1. The highest BCUT2D eigenvalue weighted by Gasteiger charge is 2.49. The van der Waals surface area contributed by atoms with Crippen molar-refractivity contribution in [1.29, 1.82) is 0 Å². The average molecular weight is 407 g/mol. The molecule has 0 aliphatic carbocycles. The number of aryl methyl sites for hydroxylation is 1. The molecule has 1 spiro atoms. The Morgan fingerprint density at radius 2 is 2.00 bits per heavy atom. The fraction of sp³-hybridized carbons (Fsp3) is 0.286. The first-order valence-corrected chi connectivity index (χ1v) is 9.98. The van der Waals surface area contributed by atoms with Crippen molar-refractivity contribution in [2.24, 2.45) is 10.4 Å². The number of pyridine rings is 1. The van der Waals surface area contributed by atoms with E-state index in [2.05, 4.69) is 26.5 Å². The van der Waals surface area contributed by atoms with Crippen molar-refractivity contribution in [3.63, 3.8) is 0 Å². The Balaban J connectivity index is 1.46. The predicted octanol–water partition coefficient (Wildman–Crippen LogP) is 3.83. The van der Waals surface area contributed by atoms with Gasteiger partial charge in [-0.05, 0) is 13.0 Å². The van der Waals surface area contributed by atoms with Gasteiger partial charge in [-0.15, -0.1) is 0 Å². The summed E-state index contributed by atoms with van der Waals surface area (Å²) in [6.45, 7) is 5.63. The summed E-state index contributed by atoms with van der Waals surface area (Å²) in [5.74, 6) is 1.65. The van der Waals surface area contributed by atoms with Crippen LogP contribution in [0.15, 0.2) is 41.5 Å². The molecule has 3 aromatic rings. The minimum atomic E-state index is 0.332. The Morgan fingerprint density at radius 3 is 2.76 bits per heavy atom. The fourth-order valence-corrected chi connectivity index (χ4v) is 4.44. The molecule has 1 aromatic carbocycles. The molecular formula is C21H19ClN6O. The van der Waals surface area contributed by atoms with Gasteiger partial charge in [-0.1, -0.05) is 29.8 Å². The van der Waals surface area contributed by atoms with E-state index in [0.29, 0.717) is 16.3 Å². The number of fused-ring (bicyclic) bond motifs is 2. The molecule has 7 nitrogen and oxygen atoms in total. The van der Waals surface area contributed by atoms with E-state index in [1.54, 1.807) is 0 Å². The monoisotopic (exact) mass is 406 g/mol. The largest absolute Gasteiger partial charge is 0.380 e. The second-order valence-electron chi connectivity index (χ2n) is 8.05. The van der Waals surface area contributed by atoms with Crippen molar-refractivity contribution < 1.29 is 4.74 Å². The Bertz CT molecular complexity index is 1160. The third kappa shape index (κ3) is 2.58. The van der Waals surface area contributed by atoms with Gasteiger partial charge < -0.3 is 15.0 Å². The van der Waals surface area contributed by atoms with Crippen molar-refractivity contribution in [2.45, 2.75) is 6.92 Å². The van der Waals surface area contributed by atoms with Gasteiger partial charge in [0.2, 0.25) is 0 Å².